The van der Waals surface area contributed by atoms with E-state index in [1.165, 1.54) is 4.68 Å². The predicted molar refractivity (Wildman–Crippen MR) is 69.8 cm³/mol. The largest absolute Gasteiger partial charge is 0.431 e. The minimum absolute atomic E-state index is 0.117. The molecule has 2 rings (SSSR count). The first-order valence-electron chi connectivity index (χ1n) is 5.38. The molecular weight excluding hydrogens is 315 g/mol. The lowest BCUT2D eigenvalue weighted by Crippen LogP contribution is -2.13. The van der Waals surface area contributed by atoms with Crippen LogP contribution in [-0.4, -0.2) is 14.8 Å². The minimum Gasteiger partial charge on any atom is -0.346 e. The number of thioether (sulfide) groups is 1. The van der Waals surface area contributed by atoms with Crippen molar-refractivity contribution in [3.63, 3.8) is 0 Å². The highest BCUT2D eigenvalue weighted by Gasteiger charge is 2.32. The number of alkyl halides is 3. The zero-order chi connectivity index (χ0) is 14.9. The van der Waals surface area contributed by atoms with E-state index >= 15 is 0 Å². The summed E-state index contributed by atoms with van der Waals surface area (Å²) < 4.78 is 39.2. The van der Waals surface area contributed by atoms with Gasteiger partial charge in [-0.2, -0.15) is 18.3 Å². The van der Waals surface area contributed by atoms with E-state index in [2.05, 4.69) is 10.1 Å². The molecule has 0 saturated carbocycles. The molecule has 0 amide bonds. The van der Waals surface area contributed by atoms with Crippen LogP contribution in [0.4, 0.5) is 13.2 Å². The molecule has 2 heterocycles. The van der Waals surface area contributed by atoms with Gasteiger partial charge in [-0.05, 0) is 0 Å². The van der Waals surface area contributed by atoms with Crippen LogP contribution in [0, 0.1) is 0 Å². The quantitative estimate of drug-likeness (QED) is 0.883. The Bertz CT molecular complexity index is 680. The van der Waals surface area contributed by atoms with Gasteiger partial charge in [-0.25, -0.2) is 0 Å². The number of hydrogen-bond donors (Lipinski definition) is 1. The van der Waals surface area contributed by atoms with Crippen LogP contribution in [0.2, 0.25) is 5.02 Å². The molecule has 0 aromatic carbocycles. The molecule has 0 aliphatic rings. The monoisotopic (exact) mass is 323 g/mol. The van der Waals surface area contributed by atoms with Gasteiger partial charge in [0.15, 0.2) is 5.43 Å². The van der Waals surface area contributed by atoms with Gasteiger partial charge in [-0.15, -0.1) is 11.8 Å². The van der Waals surface area contributed by atoms with E-state index in [4.69, 9.17) is 11.6 Å². The van der Waals surface area contributed by atoms with E-state index in [0.717, 1.165) is 17.8 Å². The van der Waals surface area contributed by atoms with Crippen LogP contribution in [-0.2, 0) is 19.0 Å². The SMILES string of the molecule is Cn1cc(Cl)c(CSc2cc(=O)cc(C(F)(F)F)[nH]2)n1. The highest BCUT2D eigenvalue weighted by molar-refractivity contribution is 7.98. The van der Waals surface area contributed by atoms with Crippen LogP contribution in [0.1, 0.15) is 11.4 Å². The fraction of sp³-hybridized carbons (Fsp3) is 0.273. The molecule has 20 heavy (non-hydrogen) atoms. The Hall–Kier alpha value is -1.41. The molecule has 9 heteroatoms. The van der Waals surface area contributed by atoms with E-state index in [1.807, 2.05) is 0 Å². The highest BCUT2D eigenvalue weighted by atomic mass is 35.5. The Labute approximate surface area is 120 Å². The summed E-state index contributed by atoms with van der Waals surface area (Å²) in [4.78, 5) is 13.4. The van der Waals surface area contributed by atoms with Gasteiger partial charge in [0.2, 0.25) is 0 Å². The van der Waals surface area contributed by atoms with Crippen LogP contribution >= 0.6 is 23.4 Å². The van der Waals surface area contributed by atoms with Gasteiger partial charge in [-0.1, -0.05) is 11.6 Å². The fourth-order valence-corrected chi connectivity index (χ4v) is 2.71. The Kier molecular flexibility index (Phi) is 4.14. The molecule has 0 atom stereocenters. The average Bonchev–Trinajstić information content (AvgIpc) is 2.63. The summed E-state index contributed by atoms with van der Waals surface area (Å²) in [6.45, 7) is 0. The Morgan fingerprint density at radius 1 is 1.45 bits per heavy atom. The van der Waals surface area contributed by atoms with Crippen molar-refractivity contribution in [1.82, 2.24) is 14.8 Å². The van der Waals surface area contributed by atoms with Gasteiger partial charge in [-0.3, -0.25) is 9.48 Å². The molecule has 0 saturated heterocycles. The van der Waals surface area contributed by atoms with Gasteiger partial charge in [0.05, 0.1) is 15.7 Å². The van der Waals surface area contributed by atoms with E-state index < -0.39 is 17.3 Å². The van der Waals surface area contributed by atoms with Crippen LogP contribution in [0.5, 0.6) is 0 Å². The smallest absolute Gasteiger partial charge is 0.346 e. The van der Waals surface area contributed by atoms with Crippen LogP contribution < -0.4 is 5.43 Å². The molecule has 0 aliphatic heterocycles. The van der Waals surface area contributed by atoms with E-state index in [0.29, 0.717) is 16.8 Å². The lowest BCUT2D eigenvalue weighted by molar-refractivity contribution is -0.141. The standard InChI is InChI=1S/C11H9ClF3N3OS/c1-18-4-7(12)8(17-18)5-20-10-3-6(19)2-9(16-10)11(13,14)15/h2-4H,5H2,1H3,(H,16,19). The number of aryl methyl sites for hydroxylation is 1. The third-order valence-electron chi connectivity index (χ3n) is 2.34. The van der Waals surface area contributed by atoms with Crippen molar-refractivity contribution >= 4 is 23.4 Å². The Balaban J connectivity index is 2.20. The minimum atomic E-state index is -4.58. The summed E-state index contributed by atoms with van der Waals surface area (Å²) in [6.07, 6.45) is -3.00. The molecule has 108 valence electrons. The van der Waals surface area contributed by atoms with Crippen LogP contribution in [0.15, 0.2) is 28.2 Å². The van der Waals surface area contributed by atoms with Gasteiger partial charge in [0, 0.05) is 31.1 Å². The number of rotatable bonds is 3. The molecule has 0 unspecified atom stereocenters. The number of halogens is 4. The first-order chi connectivity index (χ1) is 9.25. The van der Waals surface area contributed by atoms with Crippen molar-refractivity contribution in [1.29, 1.82) is 0 Å². The van der Waals surface area contributed by atoms with Crippen molar-refractivity contribution in [3.8, 4) is 0 Å². The fourth-order valence-electron chi connectivity index (χ4n) is 1.50. The molecule has 1 N–H and O–H groups in total. The first kappa shape index (κ1) is 15.0. The number of aromatic nitrogens is 3. The van der Waals surface area contributed by atoms with Crippen molar-refractivity contribution in [3.05, 3.63) is 45.0 Å². The molecule has 0 spiro atoms. The number of nitrogens with one attached hydrogen (secondary N) is 1. The number of H-pyrrole nitrogens is 1. The Morgan fingerprint density at radius 3 is 2.70 bits per heavy atom. The van der Waals surface area contributed by atoms with Crippen LogP contribution in [0.25, 0.3) is 0 Å². The number of pyridine rings is 1. The molecular formula is C11H9ClF3N3OS. The van der Waals surface area contributed by atoms with Crippen molar-refractivity contribution in [2.75, 3.05) is 0 Å². The summed E-state index contributed by atoms with van der Waals surface area (Å²) in [7, 11) is 1.69. The molecule has 0 bridgehead atoms. The normalized spacial score (nSPS) is 11.8. The van der Waals surface area contributed by atoms with Gasteiger partial charge in [0.1, 0.15) is 5.69 Å². The molecule has 2 aromatic heterocycles. The maximum atomic E-state index is 12.6. The second-order valence-corrected chi connectivity index (χ2v) is 5.40. The maximum absolute atomic E-state index is 12.6. The van der Waals surface area contributed by atoms with E-state index in [9.17, 15) is 18.0 Å². The van der Waals surface area contributed by atoms with Gasteiger partial charge >= 0.3 is 6.18 Å². The van der Waals surface area contributed by atoms with Gasteiger partial charge in [0.25, 0.3) is 0 Å². The molecule has 0 fully saturated rings. The van der Waals surface area contributed by atoms with Gasteiger partial charge < -0.3 is 4.98 Å². The average molecular weight is 324 g/mol. The summed E-state index contributed by atoms with van der Waals surface area (Å²) in [5.74, 6) is 0.261. The summed E-state index contributed by atoms with van der Waals surface area (Å²) in [6, 6.07) is 1.63. The Morgan fingerprint density at radius 2 is 2.15 bits per heavy atom. The number of aromatic amines is 1. The molecule has 0 aliphatic carbocycles. The third-order valence-corrected chi connectivity index (χ3v) is 3.61. The van der Waals surface area contributed by atoms with Crippen LogP contribution in [0.3, 0.4) is 0 Å². The summed E-state index contributed by atoms with van der Waals surface area (Å²) in [5.41, 5.74) is -1.23. The van der Waals surface area contributed by atoms with E-state index in [1.54, 1.807) is 13.2 Å². The van der Waals surface area contributed by atoms with E-state index in [-0.39, 0.29) is 10.8 Å². The maximum Gasteiger partial charge on any atom is 0.431 e. The second kappa shape index (κ2) is 5.53. The number of nitrogens with zero attached hydrogens (tertiary/aromatic N) is 2. The first-order valence-corrected chi connectivity index (χ1v) is 6.74. The highest BCUT2D eigenvalue weighted by Crippen LogP contribution is 2.29. The zero-order valence-electron chi connectivity index (χ0n) is 10.2. The lowest BCUT2D eigenvalue weighted by Gasteiger charge is -2.08. The predicted octanol–water partition coefficient (Wildman–Crippen LogP) is 3.07. The lowest BCUT2D eigenvalue weighted by atomic mass is 10.3. The molecule has 4 nitrogen and oxygen atoms in total. The topological polar surface area (TPSA) is 50.7 Å². The second-order valence-electron chi connectivity index (χ2n) is 3.98. The molecule has 0 radical (unpaired) electrons. The summed E-state index contributed by atoms with van der Waals surface area (Å²) in [5, 5.41) is 4.61. The summed E-state index contributed by atoms with van der Waals surface area (Å²) >= 11 is 6.93. The number of hydrogen-bond acceptors (Lipinski definition) is 3. The van der Waals surface area contributed by atoms with Crippen molar-refractivity contribution in [2.45, 2.75) is 17.0 Å². The van der Waals surface area contributed by atoms with Crippen molar-refractivity contribution in [2.24, 2.45) is 7.05 Å². The zero-order valence-corrected chi connectivity index (χ0v) is 11.7. The van der Waals surface area contributed by atoms with Crippen molar-refractivity contribution < 1.29 is 13.2 Å². The molecule has 2 aromatic rings. The third kappa shape index (κ3) is 3.57.